The Bertz CT molecular complexity index is 973. The molecule has 1 aromatic carbocycles. The zero-order chi connectivity index (χ0) is 16.8. The highest BCUT2D eigenvalue weighted by Gasteiger charge is 2.27. The molecule has 1 saturated heterocycles. The van der Waals surface area contributed by atoms with Crippen LogP contribution >= 0.6 is 12.2 Å². The zero-order valence-electron chi connectivity index (χ0n) is 12.0. The van der Waals surface area contributed by atoms with Gasteiger partial charge >= 0.3 is 0 Å². The normalized spacial score (nSPS) is 17.8. The summed E-state index contributed by atoms with van der Waals surface area (Å²) in [6, 6.07) is 8.28. The molecule has 2 aromatic rings. The standard InChI is InChI=1S/C16H9N3O4S/c20-13-9-3-1-7(5-10(9)14(21)18-13)12-4-2-8(23-12)6-11-15(22)19-16(24)17-11/h1-6H,(H,18,20,21)(H2,17,19,22,24)/b11-6+. The van der Waals surface area contributed by atoms with E-state index >= 15 is 0 Å². The minimum absolute atomic E-state index is 0.243. The SMILES string of the molecule is O=C1NC(=S)N/C1=C/c1ccc(-c2ccc3c(c2)C(=O)NC3=O)o1. The molecule has 2 aliphatic heterocycles. The second-order valence-electron chi connectivity index (χ2n) is 5.21. The first-order valence-electron chi connectivity index (χ1n) is 6.95. The molecule has 7 nitrogen and oxygen atoms in total. The van der Waals surface area contributed by atoms with Crippen molar-refractivity contribution in [1.82, 2.24) is 16.0 Å². The van der Waals surface area contributed by atoms with Crippen LogP contribution < -0.4 is 16.0 Å². The fourth-order valence-electron chi connectivity index (χ4n) is 2.53. The van der Waals surface area contributed by atoms with Crippen LogP contribution in [0.4, 0.5) is 0 Å². The van der Waals surface area contributed by atoms with E-state index in [1.807, 2.05) is 0 Å². The maximum absolute atomic E-state index is 11.7. The number of hydrogen-bond donors (Lipinski definition) is 3. The van der Waals surface area contributed by atoms with Crippen LogP contribution in [0, 0.1) is 0 Å². The lowest BCUT2D eigenvalue weighted by Gasteiger charge is -1.99. The summed E-state index contributed by atoms with van der Waals surface area (Å²) < 4.78 is 5.68. The second kappa shape index (κ2) is 5.14. The molecule has 1 aromatic heterocycles. The summed E-state index contributed by atoms with van der Waals surface area (Å²) >= 11 is 4.86. The molecule has 118 valence electrons. The molecule has 0 spiro atoms. The van der Waals surface area contributed by atoms with Crippen LogP contribution in [0.25, 0.3) is 17.4 Å². The number of carbonyl (C=O) groups excluding carboxylic acids is 3. The Morgan fingerprint density at radius 2 is 1.67 bits per heavy atom. The summed E-state index contributed by atoms with van der Waals surface area (Å²) in [4.78, 5) is 34.9. The first-order chi connectivity index (χ1) is 11.5. The lowest BCUT2D eigenvalue weighted by atomic mass is 10.0. The van der Waals surface area contributed by atoms with Gasteiger partial charge in [-0.25, -0.2) is 0 Å². The van der Waals surface area contributed by atoms with E-state index < -0.39 is 11.8 Å². The Balaban J connectivity index is 1.67. The van der Waals surface area contributed by atoms with E-state index in [1.54, 1.807) is 30.3 Å². The molecule has 2 aliphatic rings. The molecule has 0 unspecified atom stereocenters. The summed E-state index contributed by atoms with van der Waals surface area (Å²) in [6.07, 6.45) is 1.53. The topological polar surface area (TPSA) is 100 Å². The Labute approximate surface area is 140 Å². The second-order valence-corrected chi connectivity index (χ2v) is 5.62. The molecule has 4 rings (SSSR count). The monoisotopic (exact) mass is 339 g/mol. The number of fused-ring (bicyclic) bond motifs is 1. The fraction of sp³-hybridized carbons (Fsp3) is 0. The predicted molar refractivity (Wildman–Crippen MR) is 87.8 cm³/mol. The highest BCUT2D eigenvalue weighted by molar-refractivity contribution is 7.80. The van der Waals surface area contributed by atoms with Gasteiger partial charge in [0, 0.05) is 11.6 Å². The van der Waals surface area contributed by atoms with Crippen LogP contribution in [0.3, 0.4) is 0 Å². The van der Waals surface area contributed by atoms with E-state index in [9.17, 15) is 14.4 Å². The minimum Gasteiger partial charge on any atom is -0.457 e. The number of hydrogen-bond acceptors (Lipinski definition) is 5. The highest BCUT2D eigenvalue weighted by atomic mass is 32.1. The highest BCUT2D eigenvalue weighted by Crippen LogP contribution is 2.27. The van der Waals surface area contributed by atoms with Crippen molar-refractivity contribution in [2.75, 3.05) is 0 Å². The van der Waals surface area contributed by atoms with Crippen LogP contribution in [-0.4, -0.2) is 22.8 Å². The van der Waals surface area contributed by atoms with Gasteiger partial charge in [0.25, 0.3) is 17.7 Å². The third kappa shape index (κ3) is 2.29. The van der Waals surface area contributed by atoms with Crippen LogP contribution in [-0.2, 0) is 4.79 Å². The quantitative estimate of drug-likeness (QED) is 0.431. The lowest BCUT2D eigenvalue weighted by molar-refractivity contribution is -0.115. The molecule has 8 heteroatoms. The summed E-state index contributed by atoms with van der Waals surface area (Å²) in [5, 5.41) is 7.67. The van der Waals surface area contributed by atoms with Crippen molar-refractivity contribution in [1.29, 1.82) is 0 Å². The van der Waals surface area contributed by atoms with Crippen molar-refractivity contribution in [3.63, 3.8) is 0 Å². The van der Waals surface area contributed by atoms with E-state index in [-0.39, 0.29) is 11.0 Å². The van der Waals surface area contributed by atoms with Crippen molar-refractivity contribution in [3.8, 4) is 11.3 Å². The van der Waals surface area contributed by atoms with Crippen molar-refractivity contribution in [2.45, 2.75) is 0 Å². The molecule has 0 radical (unpaired) electrons. The number of carbonyl (C=O) groups is 3. The maximum Gasteiger partial charge on any atom is 0.274 e. The number of nitrogens with one attached hydrogen (secondary N) is 3. The largest absolute Gasteiger partial charge is 0.457 e. The average Bonchev–Trinajstić information content (AvgIpc) is 3.20. The molecule has 1 fully saturated rings. The third-order valence-electron chi connectivity index (χ3n) is 3.65. The van der Waals surface area contributed by atoms with Gasteiger partial charge in [-0.3, -0.25) is 25.0 Å². The van der Waals surface area contributed by atoms with Crippen LogP contribution in [0.5, 0.6) is 0 Å². The summed E-state index contributed by atoms with van der Waals surface area (Å²) in [7, 11) is 0. The summed E-state index contributed by atoms with van der Waals surface area (Å²) in [5.41, 5.74) is 1.61. The van der Waals surface area contributed by atoms with E-state index in [2.05, 4.69) is 16.0 Å². The van der Waals surface area contributed by atoms with Crippen LogP contribution in [0.1, 0.15) is 26.5 Å². The Morgan fingerprint density at radius 1 is 0.875 bits per heavy atom. The number of amides is 3. The molecule has 0 atom stereocenters. The van der Waals surface area contributed by atoms with Gasteiger partial charge in [-0.1, -0.05) is 6.07 Å². The van der Waals surface area contributed by atoms with Crippen molar-refractivity contribution in [2.24, 2.45) is 0 Å². The van der Waals surface area contributed by atoms with Gasteiger partial charge < -0.3 is 9.73 Å². The third-order valence-corrected chi connectivity index (χ3v) is 3.86. The van der Waals surface area contributed by atoms with Crippen LogP contribution in [0.15, 0.2) is 40.4 Å². The maximum atomic E-state index is 11.7. The van der Waals surface area contributed by atoms with Crippen LogP contribution in [0.2, 0.25) is 0 Å². The van der Waals surface area contributed by atoms with Gasteiger partial charge in [0.1, 0.15) is 17.2 Å². The molecular formula is C16H9N3O4S. The average molecular weight is 339 g/mol. The first-order valence-corrected chi connectivity index (χ1v) is 7.36. The molecule has 3 amide bonds. The Kier molecular flexibility index (Phi) is 3.07. The van der Waals surface area contributed by atoms with Gasteiger partial charge in [-0.2, -0.15) is 0 Å². The number of thiocarbonyl (C=S) groups is 1. The molecule has 3 heterocycles. The van der Waals surface area contributed by atoms with E-state index in [1.165, 1.54) is 6.08 Å². The molecule has 0 aliphatic carbocycles. The number of benzene rings is 1. The van der Waals surface area contributed by atoms with Gasteiger partial charge in [0.05, 0.1) is 11.1 Å². The van der Waals surface area contributed by atoms with Gasteiger partial charge in [0.2, 0.25) is 0 Å². The van der Waals surface area contributed by atoms with Crippen molar-refractivity contribution >= 4 is 41.1 Å². The van der Waals surface area contributed by atoms with E-state index in [4.69, 9.17) is 16.6 Å². The molecular weight excluding hydrogens is 330 g/mol. The van der Waals surface area contributed by atoms with Gasteiger partial charge in [0.15, 0.2) is 5.11 Å². The number of imide groups is 1. The molecule has 3 N–H and O–H groups in total. The number of furan rings is 1. The lowest BCUT2D eigenvalue weighted by Crippen LogP contribution is -2.21. The molecule has 24 heavy (non-hydrogen) atoms. The fourth-order valence-corrected chi connectivity index (χ4v) is 2.73. The smallest absolute Gasteiger partial charge is 0.274 e. The summed E-state index contributed by atoms with van der Waals surface area (Å²) in [5.74, 6) is -0.191. The molecule has 0 saturated carbocycles. The van der Waals surface area contributed by atoms with Gasteiger partial charge in [-0.05, 0) is 36.5 Å². The Hall–Kier alpha value is -3.26. The van der Waals surface area contributed by atoms with Gasteiger partial charge in [-0.15, -0.1) is 0 Å². The number of rotatable bonds is 2. The van der Waals surface area contributed by atoms with E-state index in [0.717, 1.165) is 0 Å². The molecule has 0 bridgehead atoms. The zero-order valence-corrected chi connectivity index (χ0v) is 12.8. The first kappa shape index (κ1) is 14.3. The van der Waals surface area contributed by atoms with E-state index in [0.29, 0.717) is 33.9 Å². The van der Waals surface area contributed by atoms with Crippen molar-refractivity contribution in [3.05, 3.63) is 52.9 Å². The predicted octanol–water partition coefficient (Wildman–Crippen LogP) is 1.18. The summed E-state index contributed by atoms with van der Waals surface area (Å²) in [6.45, 7) is 0. The Morgan fingerprint density at radius 3 is 2.42 bits per heavy atom. The minimum atomic E-state index is -0.425. The van der Waals surface area contributed by atoms with Crippen molar-refractivity contribution < 1.29 is 18.8 Å².